The molecule has 1 aliphatic heterocycles. The van der Waals surface area contributed by atoms with Crippen LogP contribution in [0.15, 0.2) is 0 Å². The van der Waals surface area contributed by atoms with Crippen LogP contribution in [-0.4, -0.2) is 18.5 Å². The fourth-order valence-electron chi connectivity index (χ4n) is 2.56. The van der Waals surface area contributed by atoms with Crippen molar-refractivity contribution >= 4 is 5.91 Å². The van der Waals surface area contributed by atoms with Crippen LogP contribution in [0, 0.1) is 5.41 Å². The van der Waals surface area contributed by atoms with Crippen molar-refractivity contribution in [1.29, 1.82) is 0 Å². The van der Waals surface area contributed by atoms with E-state index in [2.05, 4.69) is 5.32 Å². The number of primary amides is 1. The van der Waals surface area contributed by atoms with Crippen LogP contribution < -0.4 is 11.1 Å². The average Bonchev–Trinajstić information content (AvgIpc) is 2.47. The molecule has 0 aromatic heterocycles. The van der Waals surface area contributed by atoms with Crippen LogP contribution in [0.25, 0.3) is 0 Å². The Balaban J connectivity index is 1.93. The summed E-state index contributed by atoms with van der Waals surface area (Å²) >= 11 is 0. The second kappa shape index (κ2) is 3.29. The molecule has 0 radical (unpaired) electrons. The maximum atomic E-state index is 11.3. The molecule has 3 nitrogen and oxygen atoms in total. The number of carbonyl (C=O) groups is 1. The third-order valence-corrected chi connectivity index (χ3v) is 3.63. The second-order valence-electron chi connectivity index (χ2n) is 4.50. The van der Waals surface area contributed by atoms with Gasteiger partial charge in [-0.25, -0.2) is 0 Å². The lowest BCUT2D eigenvalue weighted by Crippen LogP contribution is -2.46. The van der Waals surface area contributed by atoms with Gasteiger partial charge in [0.25, 0.3) is 0 Å². The van der Waals surface area contributed by atoms with Crippen molar-refractivity contribution in [3.63, 3.8) is 0 Å². The highest BCUT2D eigenvalue weighted by Gasteiger charge is 2.44. The maximum Gasteiger partial charge on any atom is 0.223 e. The molecular weight excluding hydrogens is 164 g/mol. The fraction of sp³-hybridized carbons (Fsp3) is 0.900. The Morgan fingerprint density at radius 1 is 1.46 bits per heavy atom. The second-order valence-corrected chi connectivity index (χ2v) is 4.50. The number of nitrogens with one attached hydrogen (secondary N) is 1. The molecule has 1 unspecified atom stereocenters. The Morgan fingerprint density at radius 2 is 2.23 bits per heavy atom. The van der Waals surface area contributed by atoms with Crippen molar-refractivity contribution in [1.82, 2.24) is 5.32 Å². The van der Waals surface area contributed by atoms with E-state index in [1.165, 1.54) is 19.3 Å². The van der Waals surface area contributed by atoms with Crippen LogP contribution in [0.5, 0.6) is 0 Å². The molecule has 1 heterocycles. The summed E-state index contributed by atoms with van der Waals surface area (Å²) in [7, 11) is 0. The van der Waals surface area contributed by atoms with Gasteiger partial charge in [-0.1, -0.05) is 6.42 Å². The predicted octanol–water partition coefficient (Wildman–Crippen LogP) is 0.784. The van der Waals surface area contributed by atoms with Crippen molar-refractivity contribution in [3.8, 4) is 0 Å². The third-order valence-electron chi connectivity index (χ3n) is 3.63. The van der Waals surface area contributed by atoms with Crippen molar-refractivity contribution in [2.75, 3.05) is 6.54 Å². The number of rotatable bonds is 3. The summed E-state index contributed by atoms with van der Waals surface area (Å²) in [5, 5.41) is 3.43. The van der Waals surface area contributed by atoms with Gasteiger partial charge < -0.3 is 11.1 Å². The molecule has 0 aromatic rings. The fourth-order valence-corrected chi connectivity index (χ4v) is 2.56. The van der Waals surface area contributed by atoms with Gasteiger partial charge >= 0.3 is 0 Å². The standard InChI is InChI=1S/C10H18N2O/c11-9(13)10(4-2-5-10)7-8-3-1-6-12-8/h8,12H,1-7H2,(H2,11,13). The number of carbonyl (C=O) groups excluding carboxylic acids is 1. The molecule has 2 fully saturated rings. The lowest BCUT2D eigenvalue weighted by Gasteiger charge is -2.40. The van der Waals surface area contributed by atoms with E-state index in [4.69, 9.17) is 5.73 Å². The molecule has 3 heteroatoms. The Labute approximate surface area is 79.1 Å². The van der Waals surface area contributed by atoms with Crippen molar-refractivity contribution in [3.05, 3.63) is 0 Å². The molecule has 2 rings (SSSR count). The summed E-state index contributed by atoms with van der Waals surface area (Å²) in [6, 6.07) is 0.549. The van der Waals surface area contributed by atoms with Gasteiger partial charge in [0, 0.05) is 6.04 Å². The van der Waals surface area contributed by atoms with Crippen molar-refractivity contribution < 1.29 is 4.79 Å². The lowest BCUT2D eigenvalue weighted by atomic mass is 9.64. The van der Waals surface area contributed by atoms with Gasteiger partial charge in [-0.15, -0.1) is 0 Å². The molecule has 1 atom stereocenters. The van der Waals surface area contributed by atoms with Crippen LogP contribution in [0.3, 0.4) is 0 Å². The quantitative estimate of drug-likeness (QED) is 0.678. The smallest absolute Gasteiger partial charge is 0.223 e. The van der Waals surface area contributed by atoms with Crippen molar-refractivity contribution in [2.45, 2.75) is 44.6 Å². The van der Waals surface area contributed by atoms with Gasteiger partial charge in [0.1, 0.15) is 0 Å². The topological polar surface area (TPSA) is 55.1 Å². The van der Waals surface area contributed by atoms with Gasteiger partial charge in [-0.3, -0.25) is 4.79 Å². The molecule has 0 bridgehead atoms. The largest absolute Gasteiger partial charge is 0.369 e. The van der Waals surface area contributed by atoms with Gasteiger partial charge in [-0.2, -0.15) is 0 Å². The molecule has 1 saturated heterocycles. The Kier molecular flexibility index (Phi) is 2.28. The summed E-state index contributed by atoms with van der Waals surface area (Å²) < 4.78 is 0. The summed E-state index contributed by atoms with van der Waals surface area (Å²) in [4.78, 5) is 11.3. The van der Waals surface area contributed by atoms with Crippen molar-refractivity contribution in [2.24, 2.45) is 11.1 Å². The first-order valence-electron chi connectivity index (χ1n) is 5.26. The molecule has 13 heavy (non-hydrogen) atoms. The minimum Gasteiger partial charge on any atom is -0.369 e. The SMILES string of the molecule is NC(=O)C1(CC2CCCN2)CCC1. The molecule has 1 aliphatic carbocycles. The zero-order chi connectivity index (χ0) is 9.31. The number of hydrogen-bond acceptors (Lipinski definition) is 2. The molecule has 0 aromatic carbocycles. The Morgan fingerprint density at radius 3 is 2.62 bits per heavy atom. The van der Waals surface area contributed by atoms with Crippen LogP contribution in [0.2, 0.25) is 0 Å². The predicted molar refractivity (Wildman–Crippen MR) is 51.1 cm³/mol. The summed E-state index contributed by atoms with van der Waals surface area (Å²) in [5.41, 5.74) is 5.31. The monoisotopic (exact) mass is 182 g/mol. The van der Waals surface area contributed by atoms with E-state index in [-0.39, 0.29) is 11.3 Å². The van der Waals surface area contributed by atoms with Crippen LogP contribution in [0.1, 0.15) is 38.5 Å². The Bertz CT molecular complexity index is 205. The maximum absolute atomic E-state index is 11.3. The molecule has 1 amide bonds. The van der Waals surface area contributed by atoms with E-state index >= 15 is 0 Å². The molecule has 2 aliphatic rings. The first-order valence-corrected chi connectivity index (χ1v) is 5.26. The van der Waals surface area contributed by atoms with E-state index in [0.29, 0.717) is 6.04 Å². The minimum absolute atomic E-state index is 0.0764. The van der Waals surface area contributed by atoms with Crippen LogP contribution in [0.4, 0.5) is 0 Å². The first-order chi connectivity index (χ1) is 6.23. The summed E-state index contributed by atoms with van der Waals surface area (Å²) in [6.45, 7) is 1.11. The van der Waals surface area contributed by atoms with Gasteiger partial charge in [0.2, 0.25) is 5.91 Å². The van der Waals surface area contributed by atoms with E-state index in [0.717, 1.165) is 25.8 Å². The van der Waals surface area contributed by atoms with E-state index in [1.807, 2.05) is 0 Å². The first kappa shape index (κ1) is 9.00. The number of hydrogen-bond donors (Lipinski definition) is 2. The number of nitrogens with two attached hydrogens (primary N) is 1. The van der Waals surface area contributed by atoms with Gasteiger partial charge in [0.05, 0.1) is 5.41 Å². The molecule has 0 spiro atoms. The zero-order valence-corrected chi connectivity index (χ0v) is 8.01. The van der Waals surface area contributed by atoms with E-state index in [9.17, 15) is 4.79 Å². The normalized spacial score (nSPS) is 31.2. The third kappa shape index (κ3) is 1.57. The van der Waals surface area contributed by atoms with Crippen LogP contribution >= 0.6 is 0 Å². The summed E-state index contributed by atoms with van der Waals surface area (Å²) in [5.74, 6) is -0.0764. The lowest BCUT2D eigenvalue weighted by molar-refractivity contribution is -0.133. The average molecular weight is 182 g/mol. The Hall–Kier alpha value is -0.570. The highest BCUT2D eigenvalue weighted by molar-refractivity contribution is 5.81. The molecule has 1 saturated carbocycles. The molecule has 3 N–H and O–H groups in total. The zero-order valence-electron chi connectivity index (χ0n) is 8.01. The summed E-state index contributed by atoms with van der Waals surface area (Å²) in [6.07, 6.45) is 6.65. The number of amides is 1. The van der Waals surface area contributed by atoms with Gasteiger partial charge in [-0.05, 0) is 38.6 Å². The molecular formula is C10H18N2O. The highest BCUT2D eigenvalue weighted by Crippen LogP contribution is 2.45. The van der Waals surface area contributed by atoms with E-state index in [1.54, 1.807) is 0 Å². The minimum atomic E-state index is -0.137. The van der Waals surface area contributed by atoms with Gasteiger partial charge in [0.15, 0.2) is 0 Å². The van der Waals surface area contributed by atoms with E-state index < -0.39 is 0 Å². The molecule has 74 valence electrons. The highest BCUT2D eigenvalue weighted by atomic mass is 16.1. The van der Waals surface area contributed by atoms with Crippen LogP contribution in [-0.2, 0) is 4.79 Å².